The first-order chi connectivity index (χ1) is 14.9. The van der Waals surface area contributed by atoms with Crippen LogP contribution in [0.3, 0.4) is 0 Å². The van der Waals surface area contributed by atoms with Crippen molar-refractivity contribution in [2.24, 2.45) is 5.92 Å². The molecule has 2 aliphatic rings. The van der Waals surface area contributed by atoms with E-state index in [9.17, 15) is 0 Å². The highest BCUT2D eigenvalue weighted by Gasteiger charge is 2.47. The molecule has 1 aliphatic heterocycles. The van der Waals surface area contributed by atoms with E-state index in [1.807, 2.05) is 24.1 Å². The number of alkyl halides is 1. The van der Waals surface area contributed by atoms with Crippen molar-refractivity contribution in [3.63, 3.8) is 0 Å². The Morgan fingerprint density at radius 1 is 1.13 bits per heavy atom. The van der Waals surface area contributed by atoms with E-state index in [4.69, 9.17) is 23.2 Å². The average molecular weight is 466 g/mol. The predicted octanol–water partition coefficient (Wildman–Crippen LogP) is 4.55. The molecule has 2 aromatic rings. The van der Waals surface area contributed by atoms with Gasteiger partial charge in [0.15, 0.2) is 0 Å². The summed E-state index contributed by atoms with van der Waals surface area (Å²) in [6, 6.07) is 7.35. The highest BCUT2D eigenvalue weighted by molar-refractivity contribution is 6.42. The van der Waals surface area contributed by atoms with Gasteiger partial charge in [-0.15, -0.1) is 0 Å². The van der Waals surface area contributed by atoms with Gasteiger partial charge in [0.2, 0.25) is 5.95 Å². The van der Waals surface area contributed by atoms with Crippen LogP contribution in [0.4, 0.5) is 10.3 Å². The Balaban J connectivity index is 1.62. The molecule has 0 amide bonds. The molecule has 1 saturated heterocycles. The molecular formula is C23H30Cl2FN5. The van der Waals surface area contributed by atoms with Gasteiger partial charge in [-0.3, -0.25) is 4.90 Å². The van der Waals surface area contributed by atoms with Crippen molar-refractivity contribution in [3.05, 3.63) is 52.3 Å². The molecule has 1 aliphatic carbocycles. The van der Waals surface area contributed by atoms with E-state index in [2.05, 4.69) is 33.2 Å². The second kappa shape index (κ2) is 9.57. The van der Waals surface area contributed by atoms with E-state index in [-0.39, 0.29) is 17.5 Å². The molecule has 1 N–H and O–H groups in total. The van der Waals surface area contributed by atoms with Gasteiger partial charge in [0, 0.05) is 51.2 Å². The number of anilines is 1. The van der Waals surface area contributed by atoms with Gasteiger partial charge in [0.05, 0.1) is 16.1 Å². The monoisotopic (exact) mass is 465 g/mol. The van der Waals surface area contributed by atoms with E-state index in [0.717, 1.165) is 44.6 Å². The number of aromatic nitrogens is 2. The van der Waals surface area contributed by atoms with Crippen molar-refractivity contribution in [3.8, 4) is 0 Å². The largest absolute Gasteiger partial charge is 0.338 e. The molecule has 8 heteroatoms. The number of rotatable bonds is 5. The SMILES string of the molecule is CN(c1ncccn1)C1CCC(C(C)(c2cccc(Cl)c2Cl)N2CCNCC2)CC1F. The highest BCUT2D eigenvalue weighted by Crippen LogP contribution is 2.48. The third kappa shape index (κ3) is 4.40. The molecule has 1 saturated carbocycles. The van der Waals surface area contributed by atoms with Crippen LogP contribution in [0.5, 0.6) is 0 Å². The lowest BCUT2D eigenvalue weighted by Crippen LogP contribution is -2.58. The van der Waals surface area contributed by atoms with Crippen LogP contribution in [0.1, 0.15) is 31.7 Å². The summed E-state index contributed by atoms with van der Waals surface area (Å²) in [5, 5.41) is 4.55. The summed E-state index contributed by atoms with van der Waals surface area (Å²) in [4.78, 5) is 12.9. The van der Waals surface area contributed by atoms with Crippen LogP contribution in [-0.2, 0) is 5.54 Å². The topological polar surface area (TPSA) is 44.3 Å². The Morgan fingerprint density at radius 3 is 2.52 bits per heavy atom. The molecule has 31 heavy (non-hydrogen) atoms. The zero-order valence-electron chi connectivity index (χ0n) is 18.1. The minimum Gasteiger partial charge on any atom is -0.338 e. The van der Waals surface area contributed by atoms with Gasteiger partial charge in [-0.1, -0.05) is 35.3 Å². The van der Waals surface area contributed by atoms with Crippen LogP contribution in [-0.4, -0.2) is 60.3 Å². The summed E-state index contributed by atoms with van der Waals surface area (Å²) >= 11 is 13.1. The predicted molar refractivity (Wildman–Crippen MR) is 125 cm³/mol. The molecule has 0 radical (unpaired) electrons. The van der Waals surface area contributed by atoms with Crippen molar-refractivity contribution >= 4 is 29.2 Å². The number of benzene rings is 1. The first-order valence-electron chi connectivity index (χ1n) is 11.0. The van der Waals surface area contributed by atoms with Crippen molar-refractivity contribution in [1.29, 1.82) is 0 Å². The fraction of sp³-hybridized carbons (Fsp3) is 0.565. The van der Waals surface area contributed by atoms with E-state index in [0.29, 0.717) is 22.4 Å². The van der Waals surface area contributed by atoms with Crippen LogP contribution in [0.25, 0.3) is 0 Å². The molecule has 1 aromatic carbocycles. The third-order valence-corrected chi connectivity index (χ3v) is 7.99. The molecule has 2 heterocycles. The van der Waals surface area contributed by atoms with Gasteiger partial charge in [0.1, 0.15) is 6.17 Å². The Kier molecular flexibility index (Phi) is 7.01. The Morgan fingerprint density at radius 2 is 1.84 bits per heavy atom. The molecule has 4 rings (SSSR count). The molecule has 0 bridgehead atoms. The smallest absolute Gasteiger partial charge is 0.225 e. The summed E-state index contributed by atoms with van der Waals surface area (Å²) < 4.78 is 15.6. The van der Waals surface area contributed by atoms with Crippen LogP contribution < -0.4 is 10.2 Å². The Hall–Kier alpha value is -1.47. The average Bonchev–Trinajstić information content (AvgIpc) is 2.81. The molecule has 0 spiro atoms. The van der Waals surface area contributed by atoms with E-state index in [1.54, 1.807) is 18.5 Å². The van der Waals surface area contributed by atoms with E-state index in [1.165, 1.54) is 0 Å². The normalized spacial score (nSPS) is 26.9. The summed E-state index contributed by atoms with van der Waals surface area (Å²) in [6.07, 6.45) is 4.50. The molecule has 1 aromatic heterocycles. The number of nitrogens with one attached hydrogen (secondary N) is 1. The minimum atomic E-state index is -0.979. The molecule has 4 unspecified atom stereocenters. The quantitative estimate of drug-likeness (QED) is 0.701. The standard InChI is InChI=1S/C23H30Cl2FN5/c1-23(31-13-11-27-12-14-31,17-5-3-6-18(24)21(17)25)16-7-8-20(19(26)15-16)30(2)22-28-9-4-10-29-22/h3-6,9-10,16,19-20,27H,7-8,11-15H2,1-2H3. The maximum Gasteiger partial charge on any atom is 0.225 e. The summed E-state index contributed by atoms with van der Waals surface area (Å²) in [5.74, 6) is 0.689. The van der Waals surface area contributed by atoms with Crippen molar-refractivity contribution in [2.45, 2.75) is 43.9 Å². The summed E-state index contributed by atoms with van der Waals surface area (Å²) in [5.41, 5.74) is 0.611. The number of hydrogen-bond acceptors (Lipinski definition) is 5. The van der Waals surface area contributed by atoms with Gasteiger partial charge < -0.3 is 10.2 Å². The van der Waals surface area contributed by atoms with Gasteiger partial charge in [-0.05, 0) is 49.8 Å². The first kappa shape index (κ1) is 22.7. The fourth-order valence-corrected chi connectivity index (χ4v) is 5.83. The maximum atomic E-state index is 15.6. The van der Waals surface area contributed by atoms with Crippen LogP contribution in [0.2, 0.25) is 10.0 Å². The van der Waals surface area contributed by atoms with Gasteiger partial charge in [-0.2, -0.15) is 0 Å². The number of piperazine rings is 1. The lowest BCUT2D eigenvalue weighted by atomic mass is 9.69. The van der Waals surface area contributed by atoms with Gasteiger partial charge >= 0.3 is 0 Å². The second-order valence-corrected chi connectivity index (χ2v) is 9.52. The van der Waals surface area contributed by atoms with Gasteiger partial charge in [0.25, 0.3) is 0 Å². The maximum absolute atomic E-state index is 15.6. The number of hydrogen-bond donors (Lipinski definition) is 1. The molecule has 4 atom stereocenters. The molecule has 5 nitrogen and oxygen atoms in total. The lowest BCUT2D eigenvalue weighted by Gasteiger charge is -2.52. The van der Waals surface area contributed by atoms with Crippen molar-refractivity contribution in [1.82, 2.24) is 20.2 Å². The minimum absolute atomic E-state index is 0.123. The van der Waals surface area contributed by atoms with Crippen LogP contribution in [0.15, 0.2) is 36.7 Å². The number of halogens is 3. The van der Waals surface area contributed by atoms with Crippen molar-refractivity contribution < 1.29 is 4.39 Å². The van der Waals surface area contributed by atoms with Crippen LogP contribution >= 0.6 is 23.2 Å². The second-order valence-electron chi connectivity index (χ2n) is 8.74. The lowest BCUT2D eigenvalue weighted by molar-refractivity contribution is -0.00340. The van der Waals surface area contributed by atoms with Crippen molar-refractivity contribution in [2.75, 3.05) is 38.1 Å². The zero-order chi connectivity index (χ0) is 22.0. The third-order valence-electron chi connectivity index (χ3n) is 7.17. The van der Waals surface area contributed by atoms with E-state index >= 15 is 4.39 Å². The Bertz CT molecular complexity index is 880. The van der Waals surface area contributed by atoms with Gasteiger partial charge in [-0.25, -0.2) is 14.4 Å². The van der Waals surface area contributed by atoms with Crippen LogP contribution in [0, 0.1) is 5.92 Å². The first-order valence-corrected chi connectivity index (χ1v) is 11.7. The van der Waals surface area contributed by atoms with E-state index < -0.39 is 6.17 Å². The fourth-order valence-electron chi connectivity index (χ4n) is 5.34. The highest BCUT2D eigenvalue weighted by atomic mass is 35.5. The number of nitrogens with zero attached hydrogens (tertiary/aromatic N) is 4. The Labute approximate surface area is 194 Å². The summed E-state index contributed by atoms with van der Waals surface area (Å²) in [6.45, 7) is 5.84. The molecular weight excluding hydrogens is 436 g/mol. The zero-order valence-corrected chi connectivity index (χ0v) is 19.6. The molecule has 2 fully saturated rings. The summed E-state index contributed by atoms with van der Waals surface area (Å²) in [7, 11) is 1.89. The molecule has 168 valence electrons.